The van der Waals surface area contributed by atoms with E-state index in [0.717, 1.165) is 37.6 Å². The van der Waals surface area contributed by atoms with E-state index in [1.807, 2.05) is 10.6 Å². The van der Waals surface area contributed by atoms with Gasteiger partial charge in [-0.2, -0.15) is 4.90 Å². The van der Waals surface area contributed by atoms with E-state index in [-0.39, 0.29) is 24.0 Å². The topological polar surface area (TPSA) is 102 Å². The number of hydrogen-bond acceptors (Lipinski definition) is 4. The smallest absolute Gasteiger partial charge is 0.334 e. The first-order valence-corrected chi connectivity index (χ1v) is 9.52. The van der Waals surface area contributed by atoms with E-state index in [1.54, 1.807) is 17.0 Å². The van der Waals surface area contributed by atoms with Gasteiger partial charge in [0.05, 0.1) is 11.0 Å². The van der Waals surface area contributed by atoms with Gasteiger partial charge in [-0.05, 0) is 43.9 Å². The van der Waals surface area contributed by atoms with Gasteiger partial charge in [0.2, 0.25) is 11.9 Å². The normalized spacial score (nSPS) is 23.0. The molecular formula is C19H21N5O3. The Labute approximate surface area is 155 Å². The number of aromatic nitrogens is 2. The lowest BCUT2D eigenvalue weighted by Crippen LogP contribution is -2.35. The Bertz CT molecular complexity index is 953. The first kappa shape index (κ1) is 16.3. The highest BCUT2D eigenvalue weighted by molar-refractivity contribution is 6.21. The van der Waals surface area contributed by atoms with E-state index < -0.39 is 5.91 Å². The third-order valence-electron chi connectivity index (χ3n) is 6.04. The van der Waals surface area contributed by atoms with Gasteiger partial charge >= 0.3 is 6.03 Å². The number of carbonyl (C=O) groups excluding carboxylic acids is 3. The first-order valence-electron chi connectivity index (χ1n) is 9.52. The molecule has 1 atom stereocenters. The molecule has 1 aromatic carbocycles. The zero-order chi connectivity index (χ0) is 18.7. The number of nitrogens with two attached hydrogens (primary N) is 1. The van der Waals surface area contributed by atoms with E-state index in [1.165, 1.54) is 4.90 Å². The molecule has 0 bridgehead atoms. The molecule has 2 saturated heterocycles. The van der Waals surface area contributed by atoms with Crippen LogP contribution in [0.2, 0.25) is 0 Å². The maximum Gasteiger partial charge on any atom is 0.334 e. The number of rotatable bonds is 3. The number of hydrogen-bond donors (Lipinski definition) is 1. The van der Waals surface area contributed by atoms with E-state index >= 15 is 0 Å². The molecule has 1 saturated carbocycles. The highest BCUT2D eigenvalue weighted by Gasteiger charge is 2.50. The second-order valence-electron chi connectivity index (χ2n) is 7.60. The lowest BCUT2D eigenvalue weighted by Gasteiger charge is -2.21. The Morgan fingerprint density at radius 1 is 1.11 bits per heavy atom. The molecule has 1 aromatic heterocycles. The second kappa shape index (κ2) is 5.80. The van der Waals surface area contributed by atoms with Crippen LogP contribution in [-0.4, -0.2) is 44.9 Å². The minimum Gasteiger partial charge on any atom is -0.366 e. The number of benzene rings is 1. The third-order valence-corrected chi connectivity index (χ3v) is 6.04. The number of imidazole rings is 1. The summed E-state index contributed by atoms with van der Waals surface area (Å²) in [5, 5.41) is 0. The predicted molar refractivity (Wildman–Crippen MR) is 98.4 cm³/mol. The zero-order valence-electron chi connectivity index (χ0n) is 14.9. The summed E-state index contributed by atoms with van der Waals surface area (Å²) in [5.74, 6) is -0.340. The van der Waals surface area contributed by atoms with Gasteiger partial charge in [0, 0.05) is 18.2 Å². The largest absolute Gasteiger partial charge is 0.366 e. The Kier molecular flexibility index (Phi) is 3.50. The Morgan fingerprint density at radius 3 is 2.59 bits per heavy atom. The van der Waals surface area contributed by atoms with Crippen molar-refractivity contribution in [2.24, 2.45) is 5.73 Å². The highest BCUT2D eigenvalue weighted by atomic mass is 16.2. The molecule has 2 aromatic rings. The molecule has 8 nitrogen and oxygen atoms in total. The molecule has 0 unspecified atom stereocenters. The van der Waals surface area contributed by atoms with Gasteiger partial charge in [-0.25, -0.2) is 9.78 Å². The summed E-state index contributed by atoms with van der Waals surface area (Å²) in [5.41, 5.74) is 7.18. The van der Waals surface area contributed by atoms with Crippen LogP contribution >= 0.6 is 0 Å². The number of imide groups is 1. The summed E-state index contributed by atoms with van der Waals surface area (Å²) in [4.78, 5) is 44.9. The fraction of sp³-hybridized carbons (Fsp3) is 0.474. The van der Waals surface area contributed by atoms with Crippen LogP contribution in [0.15, 0.2) is 18.2 Å². The molecule has 2 aliphatic heterocycles. The summed E-state index contributed by atoms with van der Waals surface area (Å²) in [6.07, 6.45) is 5.76. The summed E-state index contributed by atoms with van der Waals surface area (Å²) in [6, 6.07) is 4.67. The molecule has 0 radical (unpaired) electrons. The van der Waals surface area contributed by atoms with E-state index in [0.29, 0.717) is 30.0 Å². The molecule has 27 heavy (non-hydrogen) atoms. The van der Waals surface area contributed by atoms with Crippen molar-refractivity contribution in [2.45, 2.75) is 50.6 Å². The third kappa shape index (κ3) is 2.28. The van der Waals surface area contributed by atoms with Crippen LogP contribution < -0.4 is 10.6 Å². The molecular weight excluding hydrogens is 346 g/mol. The predicted octanol–water partition coefficient (Wildman–Crippen LogP) is 2.18. The van der Waals surface area contributed by atoms with Crippen molar-refractivity contribution in [1.82, 2.24) is 14.5 Å². The molecule has 1 aliphatic carbocycles. The molecule has 0 spiro atoms. The number of fused-ring (bicyclic) bond motifs is 2. The molecule has 2 N–H and O–H groups in total. The second-order valence-corrected chi connectivity index (χ2v) is 7.60. The monoisotopic (exact) mass is 367 g/mol. The van der Waals surface area contributed by atoms with Gasteiger partial charge in [0.15, 0.2) is 0 Å². The summed E-state index contributed by atoms with van der Waals surface area (Å²) < 4.78 is 2.02. The summed E-state index contributed by atoms with van der Waals surface area (Å²) in [6.45, 7) is 0.612. The first-order chi connectivity index (χ1) is 13.1. The van der Waals surface area contributed by atoms with Crippen molar-refractivity contribution in [1.29, 1.82) is 0 Å². The maximum absolute atomic E-state index is 13.0. The van der Waals surface area contributed by atoms with E-state index in [4.69, 9.17) is 5.73 Å². The number of primary amides is 1. The van der Waals surface area contributed by atoms with Crippen molar-refractivity contribution in [3.8, 4) is 0 Å². The highest BCUT2D eigenvalue weighted by Crippen LogP contribution is 2.39. The van der Waals surface area contributed by atoms with Crippen LogP contribution in [0, 0.1) is 0 Å². The molecule has 140 valence electrons. The van der Waals surface area contributed by atoms with Crippen LogP contribution in [-0.2, 0) is 4.79 Å². The Morgan fingerprint density at radius 2 is 1.89 bits per heavy atom. The number of amides is 4. The quantitative estimate of drug-likeness (QED) is 0.840. The van der Waals surface area contributed by atoms with E-state index in [2.05, 4.69) is 4.98 Å². The van der Waals surface area contributed by atoms with E-state index in [9.17, 15) is 14.4 Å². The van der Waals surface area contributed by atoms with Crippen LogP contribution in [0.1, 0.15) is 54.9 Å². The number of urea groups is 1. The fourth-order valence-corrected chi connectivity index (χ4v) is 4.73. The number of anilines is 1. The zero-order valence-corrected chi connectivity index (χ0v) is 14.9. The van der Waals surface area contributed by atoms with Crippen molar-refractivity contribution in [3.05, 3.63) is 23.8 Å². The molecule has 3 heterocycles. The van der Waals surface area contributed by atoms with Crippen LogP contribution in [0.5, 0.6) is 0 Å². The van der Waals surface area contributed by atoms with Gasteiger partial charge in [-0.1, -0.05) is 12.8 Å². The lowest BCUT2D eigenvalue weighted by molar-refractivity contribution is -0.119. The molecule has 8 heteroatoms. The van der Waals surface area contributed by atoms with Gasteiger partial charge in [0.25, 0.3) is 5.91 Å². The minimum absolute atomic E-state index is 0.192. The van der Waals surface area contributed by atoms with Crippen molar-refractivity contribution < 1.29 is 14.4 Å². The summed E-state index contributed by atoms with van der Waals surface area (Å²) >= 11 is 0. The van der Waals surface area contributed by atoms with Crippen molar-refractivity contribution >= 4 is 34.8 Å². The van der Waals surface area contributed by atoms with Crippen LogP contribution in [0.3, 0.4) is 0 Å². The van der Waals surface area contributed by atoms with Gasteiger partial charge in [0.1, 0.15) is 6.04 Å². The Hall–Kier alpha value is -2.90. The number of nitrogens with zero attached hydrogens (tertiary/aromatic N) is 4. The minimum atomic E-state index is -0.525. The lowest BCUT2D eigenvalue weighted by atomic mass is 10.1. The average molecular weight is 367 g/mol. The van der Waals surface area contributed by atoms with Crippen molar-refractivity contribution in [2.75, 3.05) is 11.4 Å². The molecule has 3 aliphatic rings. The van der Waals surface area contributed by atoms with Crippen molar-refractivity contribution in [3.63, 3.8) is 0 Å². The maximum atomic E-state index is 13.0. The Balaban J connectivity index is 1.68. The van der Waals surface area contributed by atoms with Gasteiger partial charge < -0.3 is 15.2 Å². The van der Waals surface area contributed by atoms with Gasteiger partial charge in [-0.15, -0.1) is 0 Å². The average Bonchev–Trinajstić information content (AvgIpc) is 3.40. The SMILES string of the molecule is NC(=O)c1ccc2c(c1)nc(N1C(=O)[C@@H]3CCCN3C1=O)n2C1CCCC1. The standard InChI is InChI=1S/C19H21N5O3/c20-16(25)11-7-8-14-13(10-11)21-18(23(14)12-4-1-2-5-12)24-17(26)15-6-3-9-22(15)19(24)27/h7-8,10,12,15H,1-6,9H2,(H2,20,25)/t15-/m0/s1. The van der Waals surface area contributed by atoms with Crippen LogP contribution in [0.25, 0.3) is 11.0 Å². The molecule has 4 amide bonds. The molecule has 3 fully saturated rings. The summed E-state index contributed by atoms with van der Waals surface area (Å²) in [7, 11) is 0. The number of carbonyl (C=O) groups is 3. The fourth-order valence-electron chi connectivity index (χ4n) is 4.73. The van der Waals surface area contributed by atoms with Gasteiger partial charge in [-0.3, -0.25) is 9.59 Å². The molecule has 5 rings (SSSR count). The van der Waals surface area contributed by atoms with Crippen LogP contribution in [0.4, 0.5) is 10.7 Å².